The Balaban J connectivity index is 1.38. The maximum absolute atomic E-state index is 14.0. The topological polar surface area (TPSA) is 281 Å². The van der Waals surface area contributed by atoms with Crippen molar-refractivity contribution in [1.29, 1.82) is 0 Å². The van der Waals surface area contributed by atoms with Crippen LogP contribution in [0.4, 0.5) is 0 Å². The third kappa shape index (κ3) is 13.9. The first-order valence-corrected chi connectivity index (χ1v) is 24.4. The maximum atomic E-state index is 14.0. The lowest BCUT2D eigenvalue weighted by Gasteiger charge is -2.49. The van der Waals surface area contributed by atoms with Crippen molar-refractivity contribution in [3.63, 3.8) is 0 Å². The summed E-state index contributed by atoms with van der Waals surface area (Å²) < 4.78 is 37.8. The van der Waals surface area contributed by atoms with Crippen molar-refractivity contribution >= 4 is 23.5 Å². The monoisotopic (exact) mass is 944 g/mol. The number of ketones is 1. The van der Waals surface area contributed by atoms with Gasteiger partial charge in [0, 0.05) is 38.0 Å². The SMILES string of the molecule is CCC1CC(C(=O)NCCNC(=O)C(C)(CC)CCOC(C)(C)C)CC(OC2OC(CO)C(O)C(OC(CC3CCCCC3)C3C(=O)C3O)C2NC(C)=O)C1OC1OC(C)C(O)C(O)C1O. The van der Waals surface area contributed by atoms with Gasteiger partial charge in [-0.3, -0.25) is 19.2 Å². The Bertz CT molecular complexity index is 1600. The third-order valence-corrected chi connectivity index (χ3v) is 14.6. The second-order valence-corrected chi connectivity index (χ2v) is 20.7. The van der Waals surface area contributed by atoms with Crippen molar-refractivity contribution in [2.75, 3.05) is 26.3 Å². The van der Waals surface area contributed by atoms with Crippen molar-refractivity contribution in [3.8, 4) is 0 Å². The summed E-state index contributed by atoms with van der Waals surface area (Å²) >= 11 is 0. The summed E-state index contributed by atoms with van der Waals surface area (Å²) in [4.78, 5) is 53.0. The highest BCUT2D eigenvalue weighted by Crippen LogP contribution is 2.42. The van der Waals surface area contributed by atoms with E-state index in [4.69, 9.17) is 28.4 Å². The fraction of sp³-hybridized carbons (Fsp3) is 0.915. The van der Waals surface area contributed by atoms with Crippen molar-refractivity contribution in [2.24, 2.45) is 29.1 Å². The van der Waals surface area contributed by atoms with Crippen molar-refractivity contribution in [1.82, 2.24) is 16.0 Å². The summed E-state index contributed by atoms with van der Waals surface area (Å²) in [6.07, 6.45) is -9.26. The number of Topliss-reactive ketones (excluding diaryl/α,β-unsaturated/α-hetero) is 1. The van der Waals surface area contributed by atoms with Crippen molar-refractivity contribution < 1.29 is 78.2 Å². The molecule has 0 spiro atoms. The smallest absolute Gasteiger partial charge is 0.226 e. The number of hydrogen-bond donors (Lipinski definition) is 9. The molecular formula is C47H81N3O16. The number of amides is 3. The molecule has 18 unspecified atom stereocenters. The van der Waals surface area contributed by atoms with Gasteiger partial charge in [-0.1, -0.05) is 59.3 Å². The van der Waals surface area contributed by atoms with Crippen LogP contribution >= 0.6 is 0 Å². The molecule has 5 aliphatic rings. The molecule has 2 heterocycles. The van der Waals surface area contributed by atoms with Crippen LogP contribution in [0, 0.1) is 29.1 Å². The van der Waals surface area contributed by atoms with Gasteiger partial charge < -0.3 is 75.0 Å². The first kappa shape index (κ1) is 54.5. The number of ether oxygens (including phenoxy) is 6. The molecule has 3 amide bonds. The zero-order valence-electron chi connectivity index (χ0n) is 40.3. The average molecular weight is 944 g/mol. The Hall–Kier alpha value is -2.40. The van der Waals surface area contributed by atoms with Gasteiger partial charge in [-0.15, -0.1) is 0 Å². The van der Waals surface area contributed by atoms with Gasteiger partial charge in [0.1, 0.15) is 48.8 Å². The van der Waals surface area contributed by atoms with Gasteiger partial charge in [0.05, 0.1) is 42.5 Å². The minimum atomic E-state index is -1.66. The van der Waals surface area contributed by atoms with Gasteiger partial charge in [-0.05, 0) is 71.6 Å². The summed E-state index contributed by atoms with van der Waals surface area (Å²) in [6, 6.07) is -1.24. The van der Waals surface area contributed by atoms with E-state index in [2.05, 4.69) is 16.0 Å². The lowest BCUT2D eigenvalue weighted by atomic mass is 9.75. The summed E-state index contributed by atoms with van der Waals surface area (Å²) in [6.45, 7) is 14.4. The molecule has 2 aliphatic heterocycles. The quantitative estimate of drug-likeness (QED) is 0.0718. The summed E-state index contributed by atoms with van der Waals surface area (Å²) in [7, 11) is 0. The van der Waals surface area contributed by atoms with Crippen LogP contribution in [0.5, 0.6) is 0 Å². The fourth-order valence-electron chi connectivity index (χ4n) is 10.1. The zero-order chi connectivity index (χ0) is 48.7. The first-order chi connectivity index (χ1) is 31.1. The van der Waals surface area contributed by atoms with E-state index in [1.54, 1.807) is 0 Å². The molecule has 18 atom stereocenters. The van der Waals surface area contributed by atoms with E-state index in [0.29, 0.717) is 38.7 Å². The highest BCUT2D eigenvalue weighted by molar-refractivity contribution is 6.02. The second kappa shape index (κ2) is 23.9. The van der Waals surface area contributed by atoms with E-state index in [1.807, 2.05) is 41.5 Å². The minimum Gasteiger partial charge on any atom is -0.394 e. The summed E-state index contributed by atoms with van der Waals surface area (Å²) in [5, 5.41) is 73.6. The second-order valence-electron chi connectivity index (χ2n) is 20.7. The van der Waals surface area contributed by atoms with Crippen molar-refractivity contribution in [3.05, 3.63) is 0 Å². The fourth-order valence-corrected chi connectivity index (χ4v) is 10.1. The molecule has 19 heteroatoms. The first-order valence-electron chi connectivity index (χ1n) is 24.4. The van der Waals surface area contributed by atoms with Crippen LogP contribution in [0.1, 0.15) is 126 Å². The molecule has 0 aromatic rings. The molecule has 2 saturated heterocycles. The Kier molecular flexibility index (Phi) is 19.8. The Morgan fingerprint density at radius 3 is 2.11 bits per heavy atom. The Morgan fingerprint density at radius 2 is 1.52 bits per heavy atom. The molecule has 5 rings (SSSR count). The predicted octanol–water partition coefficient (Wildman–Crippen LogP) is 0.741. The lowest BCUT2D eigenvalue weighted by molar-refractivity contribution is -0.339. The van der Waals surface area contributed by atoms with Crippen LogP contribution in [-0.2, 0) is 47.6 Å². The van der Waals surface area contributed by atoms with Gasteiger partial charge >= 0.3 is 0 Å². The van der Waals surface area contributed by atoms with E-state index in [0.717, 1.165) is 32.1 Å². The van der Waals surface area contributed by atoms with E-state index in [-0.39, 0.29) is 48.6 Å². The molecule has 3 aliphatic carbocycles. The van der Waals surface area contributed by atoms with Gasteiger partial charge in [0.2, 0.25) is 17.7 Å². The molecule has 0 aromatic heterocycles. The largest absolute Gasteiger partial charge is 0.394 e. The Labute approximate surface area is 389 Å². The van der Waals surface area contributed by atoms with E-state index in [9.17, 15) is 49.8 Å². The predicted molar refractivity (Wildman–Crippen MR) is 237 cm³/mol. The molecule has 0 bridgehead atoms. The van der Waals surface area contributed by atoms with E-state index < -0.39 is 121 Å². The third-order valence-electron chi connectivity index (χ3n) is 14.6. The molecule has 380 valence electrons. The van der Waals surface area contributed by atoms with Crippen LogP contribution in [0.2, 0.25) is 0 Å². The molecule has 9 N–H and O–H groups in total. The maximum Gasteiger partial charge on any atom is 0.226 e. The number of aliphatic hydroxyl groups excluding tert-OH is 6. The number of nitrogens with one attached hydrogen (secondary N) is 3. The van der Waals surface area contributed by atoms with Crippen LogP contribution in [-0.4, -0.2) is 172 Å². The van der Waals surface area contributed by atoms with Crippen LogP contribution < -0.4 is 16.0 Å². The number of aliphatic hydroxyl groups is 6. The van der Waals surface area contributed by atoms with Gasteiger partial charge in [0.15, 0.2) is 18.4 Å². The van der Waals surface area contributed by atoms with Crippen LogP contribution in [0.3, 0.4) is 0 Å². The molecule has 0 aromatic carbocycles. The minimum absolute atomic E-state index is 0.0161. The van der Waals surface area contributed by atoms with Crippen LogP contribution in [0.15, 0.2) is 0 Å². The molecular weight excluding hydrogens is 863 g/mol. The van der Waals surface area contributed by atoms with E-state index in [1.165, 1.54) is 13.8 Å². The van der Waals surface area contributed by atoms with Crippen LogP contribution in [0.25, 0.3) is 0 Å². The average Bonchev–Trinajstić information content (AvgIpc) is 3.88. The Morgan fingerprint density at radius 1 is 0.848 bits per heavy atom. The summed E-state index contributed by atoms with van der Waals surface area (Å²) in [5.41, 5.74) is -1.01. The lowest BCUT2D eigenvalue weighted by Crippen LogP contribution is -2.67. The number of carbonyl (C=O) groups is 4. The summed E-state index contributed by atoms with van der Waals surface area (Å²) in [5.74, 6) is -3.10. The number of carbonyl (C=O) groups excluding carboxylic acids is 4. The van der Waals surface area contributed by atoms with Gasteiger partial charge in [-0.2, -0.15) is 0 Å². The molecule has 66 heavy (non-hydrogen) atoms. The normalized spacial score (nSPS) is 37.9. The standard InChI is InChI=1S/C47H81N3O16/c1-9-27-21-28(42(59)48-17-18-49-45(60)47(8,10-2)16-19-61-46(5,6)7)22-30(40(27)66-44-39(58)38(57)34(53)24(3)62-44)64-43-33(50-25(4)52)41(35(54)31(23-51)65-43)63-29(32-36(55)37(32)56)20-26-14-12-11-13-15-26/h24,26-36,38-41,43-44,51,53-55,57-58H,9-23H2,1-8H3,(H,48,59)(H,49,60)(H,50,52). The van der Waals surface area contributed by atoms with Gasteiger partial charge in [-0.25, -0.2) is 0 Å². The molecule has 3 saturated carbocycles. The highest BCUT2D eigenvalue weighted by Gasteiger charge is 2.57. The molecule has 19 nitrogen and oxygen atoms in total. The highest BCUT2D eigenvalue weighted by atomic mass is 16.7. The number of hydrogen-bond acceptors (Lipinski definition) is 16. The van der Waals surface area contributed by atoms with Crippen molar-refractivity contribution in [2.45, 2.75) is 217 Å². The molecule has 0 radical (unpaired) electrons. The van der Waals surface area contributed by atoms with E-state index >= 15 is 0 Å². The van der Waals surface area contributed by atoms with Gasteiger partial charge in [0.25, 0.3) is 0 Å². The molecule has 5 fully saturated rings. The zero-order valence-corrected chi connectivity index (χ0v) is 40.3. The number of rotatable bonds is 21.